The molecule has 1 heterocycles. The maximum atomic E-state index is 3.69. The van der Waals surface area contributed by atoms with Gasteiger partial charge in [-0.2, -0.15) is 0 Å². The second-order valence-corrected chi connectivity index (χ2v) is 3.92. The SMILES string of the molecule is C=Cc1sc(C)cc1Br. The quantitative estimate of drug-likeness (QED) is 0.655. The molecule has 1 rings (SSSR count). The smallest absolute Gasteiger partial charge is 0.0409 e. The van der Waals surface area contributed by atoms with Gasteiger partial charge in [-0.1, -0.05) is 12.7 Å². The summed E-state index contributed by atoms with van der Waals surface area (Å²) in [7, 11) is 0. The lowest BCUT2D eigenvalue weighted by Gasteiger charge is -1.80. The Morgan fingerprint density at radius 2 is 2.44 bits per heavy atom. The first-order chi connectivity index (χ1) is 4.24. The van der Waals surface area contributed by atoms with Crippen LogP contribution in [0.3, 0.4) is 0 Å². The van der Waals surface area contributed by atoms with Crippen molar-refractivity contribution in [2.24, 2.45) is 0 Å². The minimum absolute atomic E-state index is 1.15. The van der Waals surface area contributed by atoms with E-state index in [1.807, 2.05) is 6.08 Å². The molecule has 0 spiro atoms. The molecule has 0 N–H and O–H groups in total. The lowest BCUT2D eigenvalue weighted by atomic mass is 10.4. The fraction of sp³-hybridized carbons (Fsp3) is 0.143. The third-order valence-electron chi connectivity index (χ3n) is 1.02. The van der Waals surface area contributed by atoms with Gasteiger partial charge in [0.25, 0.3) is 0 Å². The van der Waals surface area contributed by atoms with Crippen molar-refractivity contribution in [3.05, 3.63) is 26.9 Å². The van der Waals surface area contributed by atoms with Crippen LogP contribution in [0.15, 0.2) is 17.1 Å². The normalized spacial score (nSPS) is 9.56. The standard InChI is InChI=1S/C7H7BrS/c1-3-7-6(8)4-5(2)9-7/h3-4H,1H2,2H3. The zero-order chi connectivity index (χ0) is 6.85. The van der Waals surface area contributed by atoms with Crippen molar-refractivity contribution in [3.8, 4) is 0 Å². The summed E-state index contributed by atoms with van der Waals surface area (Å²) in [6.45, 7) is 5.77. The van der Waals surface area contributed by atoms with Gasteiger partial charge in [0.15, 0.2) is 0 Å². The Morgan fingerprint density at radius 3 is 2.67 bits per heavy atom. The number of thiophene rings is 1. The van der Waals surface area contributed by atoms with E-state index in [9.17, 15) is 0 Å². The summed E-state index contributed by atoms with van der Waals surface area (Å²) in [6, 6.07) is 2.10. The molecular weight excluding hydrogens is 196 g/mol. The minimum Gasteiger partial charge on any atom is -0.140 e. The van der Waals surface area contributed by atoms with Crippen molar-refractivity contribution in [1.29, 1.82) is 0 Å². The highest BCUT2D eigenvalue weighted by Crippen LogP contribution is 2.27. The third-order valence-corrected chi connectivity index (χ3v) is 2.99. The molecule has 2 heteroatoms. The predicted octanol–water partition coefficient (Wildman–Crippen LogP) is 3.46. The maximum Gasteiger partial charge on any atom is 0.0409 e. The van der Waals surface area contributed by atoms with Gasteiger partial charge in [-0.3, -0.25) is 0 Å². The molecule has 0 unspecified atom stereocenters. The summed E-state index contributed by atoms with van der Waals surface area (Å²) in [5.41, 5.74) is 0. The largest absolute Gasteiger partial charge is 0.140 e. The predicted molar refractivity (Wildman–Crippen MR) is 46.8 cm³/mol. The molecule has 0 atom stereocenters. The van der Waals surface area contributed by atoms with Crippen LogP contribution in [-0.4, -0.2) is 0 Å². The van der Waals surface area contributed by atoms with E-state index in [2.05, 4.69) is 35.5 Å². The van der Waals surface area contributed by atoms with Crippen molar-refractivity contribution >= 4 is 33.3 Å². The first kappa shape index (κ1) is 7.03. The summed E-state index contributed by atoms with van der Waals surface area (Å²) in [4.78, 5) is 2.53. The van der Waals surface area contributed by atoms with Crippen LogP contribution in [-0.2, 0) is 0 Å². The van der Waals surface area contributed by atoms with Crippen LogP contribution in [0.25, 0.3) is 6.08 Å². The molecule has 0 saturated heterocycles. The average molecular weight is 203 g/mol. The monoisotopic (exact) mass is 202 g/mol. The van der Waals surface area contributed by atoms with Crippen molar-refractivity contribution in [1.82, 2.24) is 0 Å². The molecule has 0 aromatic carbocycles. The van der Waals surface area contributed by atoms with E-state index in [1.54, 1.807) is 11.3 Å². The van der Waals surface area contributed by atoms with Crippen LogP contribution in [0.1, 0.15) is 9.75 Å². The molecule has 0 bridgehead atoms. The molecule has 48 valence electrons. The second kappa shape index (κ2) is 2.67. The van der Waals surface area contributed by atoms with Crippen molar-refractivity contribution in [3.63, 3.8) is 0 Å². The van der Waals surface area contributed by atoms with E-state index in [0.29, 0.717) is 0 Å². The zero-order valence-electron chi connectivity index (χ0n) is 5.15. The van der Waals surface area contributed by atoms with Crippen LogP contribution in [0.2, 0.25) is 0 Å². The van der Waals surface area contributed by atoms with E-state index in [1.165, 1.54) is 9.75 Å². The number of hydrogen-bond acceptors (Lipinski definition) is 1. The van der Waals surface area contributed by atoms with Gasteiger partial charge >= 0.3 is 0 Å². The molecule has 0 aliphatic carbocycles. The molecule has 0 radical (unpaired) electrons. The highest BCUT2D eigenvalue weighted by molar-refractivity contribution is 9.10. The number of rotatable bonds is 1. The minimum atomic E-state index is 1.15. The van der Waals surface area contributed by atoms with Crippen molar-refractivity contribution in [2.45, 2.75) is 6.92 Å². The Hall–Kier alpha value is -0.0800. The van der Waals surface area contributed by atoms with Crippen LogP contribution in [0, 0.1) is 6.92 Å². The topological polar surface area (TPSA) is 0 Å². The fourth-order valence-corrected chi connectivity index (χ4v) is 2.30. The first-order valence-corrected chi connectivity index (χ1v) is 4.23. The Morgan fingerprint density at radius 1 is 1.78 bits per heavy atom. The lowest BCUT2D eigenvalue weighted by molar-refractivity contribution is 1.62. The van der Waals surface area contributed by atoms with Gasteiger partial charge in [0, 0.05) is 14.2 Å². The highest BCUT2D eigenvalue weighted by Gasteiger charge is 1.97. The van der Waals surface area contributed by atoms with Gasteiger partial charge in [0.1, 0.15) is 0 Å². The molecule has 1 aromatic heterocycles. The fourth-order valence-electron chi connectivity index (χ4n) is 0.640. The summed E-state index contributed by atoms with van der Waals surface area (Å²) in [6.07, 6.45) is 1.86. The Labute approximate surface area is 67.3 Å². The molecule has 0 aliphatic heterocycles. The molecule has 0 aliphatic rings. The summed E-state index contributed by atoms with van der Waals surface area (Å²) in [5.74, 6) is 0. The van der Waals surface area contributed by atoms with Gasteiger partial charge in [0.2, 0.25) is 0 Å². The van der Waals surface area contributed by atoms with Gasteiger partial charge in [-0.25, -0.2) is 0 Å². The molecule has 9 heavy (non-hydrogen) atoms. The first-order valence-electron chi connectivity index (χ1n) is 2.62. The van der Waals surface area contributed by atoms with Gasteiger partial charge in [-0.15, -0.1) is 11.3 Å². The molecular formula is C7H7BrS. The van der Waals surface area contributed by atoms with Crippen LogP contribution in [0.5, 0.6) is 0 Å². The Kier molecular flexibility index (Phi) is 2.09. The third kappa shape index (κ3) is 1.43. The zero-order valence-corrected chi connectivity index (χ0v) is 7.55. The number of hydrogen-bond donors (Lipinski definition) is 0. The van der Waals surface area contributed by atoms with Crippen LogP contribution in [0.4, 0.5) is 0 Å². The van der Waals surface area contributed by atoms with E-state index in [4.69, 9.17) is 0 Å². The molecule has 0 nitrogen and oxygen atoms in total. The molecule has 1 aromatic rings. The molecule has 0 fully saturated rings. The average Bonchev–Trinajstić information content (AvgIpc) is 2.10. The van der Waals surface area contributed by atoms with E-state index in [0.717, 1.165) is 4.47 Å². The van der Waals surface area contributed by atoms with Gasteiger partial charge in [-0.05, 0) is 28.9 Å². The Bertz CT molecular complexity index is 225. The Balaban J connectivity index is 3.15. The number of halogens is 1. The van der Waals surface area contributed by atoms with E-state index in [-0.39, 0.29) is 0 Å². The lowest BCUT2D eigenvalue weighted by Crippen LogP contribution is -1.55. The van der Waals surface area contributed by atoms with Gasteiger partial charge < -0.3 is 0 Å². The van der Waals surface area contributed by atoms with Crippen LogP contribution >= 0.6 is 27.3 Å². The molecule has 0 saturated carbocycles. The van der Waals surface area contributed by atoms with Crippen molar-refractivity contribution in [2.75, 3.05) is 0 Å². The van der Waals surface area contributed by atoms with Crippen LogP contribution < -0.4 is 0 Å². The summed E-state index contributed by atoms with van der Waals surface area (Å²) < 4.78 is 1.15. The van der Waals surface area contributed by atoms with E-state index < -0.39 is 0 Å². The van der Waals surface area contributed by atoms with E-state index >= 15 is 0 Å². The maximum absolute atomic E-state index is 3.69. The highest BCUT2D eigenvalue weighted by atomic mass is 79.9. The summed E-state index contributed by atoms with van der Waals surface area (Å²) >= 11 is 5.17. The molecule has 0 amide bonds. The second-order valence-electron chi connectivity index (χ2n) is 1.77. The van der Waals surface area contributed by atoms with Gasteiger partial charge in [0.05, 0.1) is 0 Å². The number of aryl methyl sites for hydroxylation is 1. The summed E-state index contributed by atoms with van der Waals surface area (Å²) in [5, 5.41) is 0. The van der Waals surface area contributed by atoms with Crippen molar-refractivity contribution < 1.29 is 0 Å².